The number of nitrogens with one attached hydrogen (secondary N) is 2. The van der Waals surface area contributed by atoms with Crippen LogP contribution in [0.1, 0.15) is 39.9 Å². The molecule has 2 aromatic carbocycles. The van der Waals surface area contributed by atoms with Crippen molar-refractivity contribution in [1.29, 1.82) is 0 Å². The largest absolute Gasteiger partial charge is 0.381 e. The van der Waals surface area contributed by atoms with E-state index in [1.807, 2.05) is 36.4 Å². The minimum Gasteiger partial charge on any atom is -0.381 e. The molecule has 7 nitrogen and oxygen atoms in total. The zero-order chi connectivity index (χ0) is 19.7. The van der Waals surface area contributed by atoms with Gasteiger partial charge < -0.3 is 16.0 Å². The lowest BCUT2D eigenvalue weighted by Gasteiger charge is -2.29. The predicted molar refractivity (Wildman–Crippen MR) is 104 cm³/mol. The van der Waals surface area contributed by atoms with E-state index < -0.39 is 11.9 Å². The molecule has 2 aliphatic heterocycles. The maximum atomic E-state index is 12.9. The Morgan fingerprint density at radius 3 is 2.75 bits per heavy atom. The van der Waals surface area contributed by atoms with Gasteiger partial charge in [0, 0.05) is 37.3 Å². The SMILES string of the molecule is NCc1cccc(NCc2cccc3c2CN(C2CCC(=O)NC2=O)C3=O)c1. The summed E-state index contributed by atoms with van der Waals surface area (Å²) in [5, 5.41) is 5.71. The van der Waals surface area contributed by atoms with Crippen LogP contribution in [-0.4, -0.2) is 28.7 Å². The van der Waals surface area contributed by atoms with Crippen LogP contribution >= 0.6 is 0 Å². The summed E-state index contributed by atoms with van der Waals surface area (Å²) in [6, 6.07) is 12.9. The molecule has 0 spiro atoms. The van der Waals surface area contributed by atoms with Crippen LogP contribution in [0.4, 0.5) is 5.69 Å². The molecule has 7 heteroatoms. The fourth-order valence-electron chi connectivity index (χ4n) is 3.82. The molecule has 0 bridgehead atoms. The molecule has 2 aliphatic rings. The van der Waals surface area contributed by atoms with Crippen molar-refractivity contribution >= 4 is 23.4 Å². The number of carbonyl (C=O) groups is 3. The molecular formula is C21H22N4O3. The monoisotopic (exact) mass is 378 g/mol. The standard InChI is InChI=1S/C21H22N4O3/c22-10-13-3-1-5-15(9-13)23-11-14-4-2-6-16-17(14)12-25(21(16)28)18-7-8-19(26)24-20(18)27/h1-6,9,18,23H,7-8,10-12,22H2,(H,24,26,27). The molecule has 1 unspecified atom stereocenters. The third kappa shape index (κ3) is 3.36. The number of hydrogen-bond acceptors (Lipinski definition) is 5. The first-order valence-electron chi connectivity index (χ1n) is 9.35. The molecule has 1 saturated heterocycles. The molecule has 2 heterocycles. The lowest BCUT2D eigenvalue weighted by Crippen LogP contribution is -2.52. The van der Waals surface area contributed by atoms with Crippen LogP contribution in [0, 0.1) is 0 Å². The van der Waals surface area contributed by atoms with Crippen molar-refractivity contribution in [2.75, 3.05) is 5.32 Å². The highest BCUT2D eigenvalue weighted by Crippen LogP contribution is 2.30. The number of benzene rings is 2. The molecule has 144 valence electrons. The average molecular weight is 378 g/mol. The van der Waals surface area contributed by atoms with Gasteiger partial charge in [0.25, 0.3) is 5.91 Å². The third-order valence-electron chi connectivity index (χ3n) is 5.32. The number of piperidine rings is 1. The van der Waals surface area contributed by atoms with E-state index in [1.54, 1.807) is 11.0 Å². The van der Waals surface area contributed by atoms with Gasteiger partial charge in [0.05, 0.1) is 0 Å². The van der Waals surface area contributed by atoms with E-state index in [0.29, 0.717) is 31.6 Å². The molecule has 0 radical (unpaired) electrons. The summed E-state index contributed by atoms with van der Waals surface area (Å²) < 4.78 is 0. The van der Waals surface area contributed by atoms with E-state index in [0.717, 1.165) is 22.4 Å². The van der Waals surface area contributed by atoms with E-state index in [9.17, 15) is 14.4 Å². The van der Waals surface area contributed by atoms with Crippen molar-refractivity contribution in [3.8, 4) is 0 Å². The van der Waals surface area contributed by atoms with Crippen LogP contribution in [0.25, 0.3) is 0 Å². The van der Waals surface area contributed by atoms with E-state index in [-0.39, 0.29) is 18.2 Å². The summed E-state index contributed by atoms with van der Waals surface area (Å²) in [7, 11) is 0. The summed E-state index contributed by atoms with van der Waals surface area (Å²) in [5.74, 6) is -0.831. The predicted octanol–water partition coefficient (Wildman–Crippen LogP) is 1.52. The Kier molecular flexibility index (Phi) is 4.83. The maximum absolute atomic E-state index is 12.9. The highest BCUT2D eigenvalue weighted by Gasteiger charge is 2.39. The van der Waals surface area contributed by atoms with Gasteiger partial charge in [-0.3, -0.25) is 19.7 Å². The second kappa shape index (κ2) is 7.44. The van der Waals surface area contributed by atoms with Crippen molar-refractivity contribution in [3.63, 3.8) is 0 Å². The van der Waals surface area contributed by atoms with Crippen molar-refractivity contribution in [1.82, 2.24) is 10.2 Å². The third-order valence-corrected chi connectivity index (χ3v) is 5.32. The molecule has 4 rings (SSSR count). The first-order valence-corrected chi connectivity index (χ1v) is 9.35. The molecule has 28 heavy (non-hydrogen) atoms. The maximum Gasteiger partial charge on any atom is 0.255 e. The molecular weight excluding hydrogens is 356 g/mol. The quantitative estimate of drug-likeness (QED) is 0.684. The highest BCUT2D eigenvalue weighted by molar-refractivity contribution is 6.05. The highest BCUT2D eigenvalue weighted by atomic mass is 16.2. The topological polar surface area (TPSA) is 105 Å². The van der Waals surface area contributed by atoms with Gasteiger partial charge in [-0.25, -0.2) is 0 Å². The normalized spacial score (nSPS) is 18.8. The number of imide groups is 1. The summed E-state index contributed by atoms with van der Waals surface area (Å²) >= 11 is 0. The molecule has 3 amide bonds. The Morgan fingerprint density at radius 1 is 1.14 bits per heavy atom. The summed E-state index contributed by atoms with van der Waals surface area (Å²) in [6.07, 6.45) is 0.617. The Labute approximate surface area is 162 Å². The lowest BCUT2D eigenvalue weighted by molar-refractivity contribution is -0.136. The minimum absolute atomic E-state index is 0.156. The van der Waals surface area contributed by atoms with Crippen LogP contribution in [0.2, 0.25) is 0 Å². The van der Waals surface area contributed by atoms with Gasteiger partial charge in [0.1, 0.15) is 6.04 Å². The molecule has 2 aromatic rings. The van der Waals surface area contributed by atoms with Crippen molar-refractivity contribution in [2.24, 2.45) is 5.73 Å². The van der Waals surface area contributed by atoms with Gasteiger partial charge in [-0.1, -0.05) is 24.3 Å². The molecule has 4 N–H and O–H groups in total. The molecule has 0 aliphatic carbocycles. The first-order chi connectivity index (χ1) is 13.6. The summed E-state index contributed by atoms with van der Waals surface area (Å²) in [6.45, 7) is 1.42. The number of nitrogens with zero attached hydrogens (tertiary/aromatic N) is 1. The first kappa shape index (κ1) is 18.2. The Hall–Kier alpha value is -3.19. The van der Waals surface area contributed by atoms with Gasteiger partial charge in [0.15, 0.2) is 0 Å². The van der Waals surface area contributed by atoms with Crippen molar-refractivity contribution in [3.05, 3.63) is 64.7 Å². The minimum atomic E-state index is -0.598. The second-order valence-corrected chi connectivity index (χ2v) is 7.10. The fraction of sp³-hybridized carbons (Fsp3) is 0.286. The Bertz CT molecular complexity index is 956. The molecule has 0 aromatic heterocycles. The fourth-order valence-corrected chi connectivity index (χ4v) is 3.82. The van der Waals surface area contributed by atoms with Gasteiger partial charge in [-0.15, -0.1) is 0 Å². The number of fused-ring (bicyclic) bond motifs is 1. The summed E-state index contributed by atoms with van der Waals surface area (Å²) in [4.78, 5) is 38.0. The van der Waals surface area contributed by atoms with Crippen molar-refractivity contribution < 1.29 is 14.4 Å². The van der Waals surface area contributed by atoms with Gasteiger partial charge >= 0.3 is 0 Å². The number of hydrogen-bond donors (Lipinski definition) is 3. The van der Waals surface area contributed by atoms with Crippen LogP contribution < -0.4 is 16.4 Å². The van der Waals surface area contributed by atoms with E-state index in [1.165, 1.54) is 0 Å². The molecule has 1 atom stereocenters. The van der Waals surface area contributed by atoms with E-state index in [2.05, 4.69) is 10.6 Å². The zero-order valence-electron chi connectivity index (χ0n) is 15.4. The number of anilines is 1. The van der Waals surface area contributed by atoms with Gasteiger partial charge in [-0.2, -0.15) is 0 Å². The Balaban J connectivity index is 1.52. The van der Waals surface area contributed by atoms with E-state index >= 15 is 0 Å². The summed E-state index contributed by atoms with van der Waals surface area (Å²) in [5.41, 5.74) is 10.3. The van der Waals surface area contributed by atoms with Gasteiger partial charge in [-0.05, 0) is 41.3 Å². The zero-order valence-corrected chi connectivity index (χ0v) is 15.4. The number of rotatable bonds is 5. The number of carbonyl (C=O) groups excluding carboxylic acids is 3. The van der Waals surface area contributed by atoms with Crippen LogP contribution in [-0.2, 0) is 29.2 Å². The second-order valence-electron chi connectivity index (χ2n) is 7.10. The van der Waals surface area contributed by atoms with E-state index in [4.69, 9.17) is 5.73 Å². The smallest absolute Gasteiger partial charge is 0.255 e. The lowest BCUT2D eigenvalue weighted by atomic mass is 10.0. The van der Waals surface area contributed by atoms with Gasteiger partial charge in [0.2, 0.25) is 11.8 Å². The molecule has 1 fully saturated rings. The van der Waals surface area contributed by atoms with Crippen LogP contribution in [0.3, 0.4) is 0 Å². The Morgan fingerprint density at radius 2 is 1.96 bits per heavy atom. The number of nitrogens with two attached hydrogens (primary N) is 1. The van der Waals surface area contributed by atoms with Crippen LogP contribution in [0.15, 0.2) is 42.5 Å². The average Bonchev–Trinajstić information content (AvgIpc) is 3.04. The van der Waals surface area contributed by atoms with Crippen molar-refractivity contribution in [2.45, 2.75) is 38.5 Å². The molecule has 0 saturated carbocycles. The number of amides is 3. The van der Waals surface area contributed by atoms with Crippen LogP contribution in [0.5, 0.6) is 0 Å².